The van der Waals surface area contributed by atoms with Gasteiger partial charge in [-0.3, -0.25) is 4.79 Å². The summed E-state index contributed by atoms with van der Waals surface area (Å²) in [7, 11) is 0. The van der Waals surface area contributed by atoms with Crippen molar-refractivity contribution in [2.45, 2.75) is 38.3 Å². The smallest absolute Gasteiger partial charge is 0.252 e. The molecule has 1 aliphatic rings. The molecular weight excluding hydrogens is 249 g/mol. The van der Waals surface area contributed by atoms with E-state index < -0.39 is 0 Å². The van der Waals surface area contributed by atoms with Crippen molar-refractivity contribution in [2.75, 3.05) is 24.9 Å². The van der Waals surface area contributed by atoms with E-state index in [2.05, 4.69) is 0 Å². The predicted molar refractivity (Wildman–Crippen MR) is 66.2 cm³/mol. The summed E-state index contributed by atoms with van der Waals surface area (Å²) in [5, 5.41) is 0. The van der Waals surface area contributed by atoms with Crippen molar-refractivity contribution < 1.29 is 9.53 Å². The molecule has 1 amide bonds. The molecule has 0 aromatic heterocycles. The molecule has 1 rings (SSSR count). The van der Waals surface area contributed by atoms with Crippen LogP contribution in [0, 0.1) is 0 Å². The highest BCUT2D eigenvalue weighted by Crippen LogP contribution is 2.22. The van der Waals surface area contributed by atoms with Crippen molar-refractivity contribution in [3.63, 3.8) is 0 Å². The fourth-order valence-corrected chi connectivity index (χ4v) is 2.13. The number of nitrogens with zero attached hydrogens (tertiary/aromatic N) is 1. The summed E-state index contributed by atoms with van der Waals surface area (Å²) >= 11 is 11.6. The summed E-state index contributed by atoms with van der Waals surface area (Å²) in [5.74, 6) is 0.824. The summed E-state index contributed by atoms with van der Waals surface area (Å²) in [6.07, 6.45) is 1.45. The minimum absolute atomic E-state index is 0.0174. The van der Waals surface area contributed by atoms with Gasteiger partial charge in [-0.05, 0) is 26.7 Å². The second kappa shape index (κ2) is 6.08. The molecular formula is C11H19Cl2NO2. The monoisotopic (exact) mass is 267 g/mol. The lowest BCUT2D eigenvalue weighted by atomic mass is 10.0. The standard InChI is InChI=1S/C11H19Cl2NO2/c1-11(2,8-13)14(6-5-12)10(15)9-4-3-7-16-9/h9H,3-8H2,1-2H3. The van der Waals surface area contributed by atoms with Crippen molar-refractivity contribution in [1.82, 2.24) is 4.90 Å². The molecule has 0 radical (unpaired) electrons. The first kappa shape index (κ1) is 14.1. The number of amides is 1. The van der Waals surface area contributed by atoms with E-state index in [1.165, 1.54) is 0 Å². The molecule has 94 valence electrons. The third kappa shape index (κ3) is 3.25. The average Bonchev–Trinajstić information content (AvgIpc) is 2.78. The molecule has 1 heterocycles. The van der Waals surface area contributed by atoms with Gasteiger partial charge in [0.1, 0.15) is 6.10 Å². The number of halogens is 2. The molecule has 0 aromatic carbocycles. The molecule has 0 aliphatic carbocycles. The Labute approximate surface area is 107 Å². The number of ether oxygens (including phenoxy) is 1. The van der Waals surface area contributed by atoms with Gasteiger partial charge in [-0.1, -0.05) is 0 Å². The van der Waals surface area contributed by atoms with E-state index in [0.717, 1.165) is 12.8 Å². The van der Waals surface area contributed by atoms with Crippen LogP contribution in [0.15, 0.2) is 0 Å². The summed E-state index contributed by atoms with van der Waals surface area (Å²) in [5.41, 5.74) is -0.376. The molecule has 0 bridgehead atoms. The minimum Gasteiger partial charge on any atom is -0.368 e. The Bertz CT molecular complexity index is 240. The van der Waals surface area contributed by atoms with Gasteiger partial charge in [0.2, 0.25) is 0 Å². The van der Waals surface area contributed by atoms with E-state index >= 15 is 0 Å². The maximum absolute atomic E-state index is 12.2. The van der Waals surface area contributed by atoms with Gasteiger partial charge >= 0.3 is 0 Å². The van der Waals surface area contributed by atoms with Crippen LogP contribution in [0.2, 0.25) is 0 Å². The highest BCUT2D eigenvalue weighted by atomic mass is 35.5. The van der Waals surface area contributed by atoms with Gasteiger partial charge in [0, 0.05) is 24.9 Å². The van der Waals surface area contributed by atoms with Crippen LogP contribution in [0.4, 0.5) is 0 Å². The van der Waals surface area contributed by atoms with E-state index in [9.17, 15) is 4.79 Å². The molecule has 0 aromatic rings. The summed E-state index contributed by atoms with van der Waals surface area (Å²) in [6, 6.07) is 0. The van der Waals surface area contributed by atoms with Gasteiger partial charge in [0.25, 0.3) is 5.91 Å². The Hall–Kier alpha value is 0.01000. The third-order valence-corrected chi connectivity index (χ3v) is 3.66. The lowest BCUT2D eigenvalue weighted by molar-refractivity contribution is -0.145. The first-order valence-electron chi connectivity index (χ1n) is 5.58. The molecule has 1 saturated heterocycles. The van der Waals surface area contributed by atoms with Gasteiger partial charge in [0.05, 0.1) is 5.54 Å². The third-order valence-electron chi connectivity index (χ3n) is 2.84. The Balaban J connectivity index is 2.72. The second-order valence-corrected chi connectivity index (χ2v) is 5.27. The van der Waals surface area contributed by atoms with Crippen molar-refractivity contribution in [3.8, 4) is 0 Å². The Morgan fingerprint density at radius 1 is 1.50 bits per heavy atom. The highest BCUT2D eigenvalue weighted by molar-refractivity contribution is 6.19. The number of carbonyl (C=O) groups is 1. The average molecular weight is 268 g/mol. The SMILES string of the molecule is CC(C)(CCl)N(CCCl)C(=O)C1CCCO1. The summed E-state index contributed by atoms with van der Waals surface area (Å²) < 4.78 is 5.40. The van der Waals surface area contributed by atoms with Crippen LogP contribution in [0.5, 0.6) is 0 Å². The molecule has 0 N–H and O–H groups in total. The molecule has 3 nitrogen and oxygen atoms in total. The maximum Gasteiger partial charge on any atom is 0.252 e. The van der Waals surface area contributed by atoms with Crippen LogP contribution >= 0.6 is 23.2 Å². The maximum atomic E-state index is 12.2. The van der Waals surface area contributed by atoms with E-state index in [4.69, 9.17) is 27.9 Å². The number of hydrogen-bond acceptors (Lipinski definition) is 2. The molecule has 1 aliphatic heterocycles. The number of alkyl halides is 2. The minimum atomic E-state index is -0.376. The zero-order chi connectivity index (χ0) is 12.2. The van der Waals surface area contributed by atoms with E-state index in [0.29, 0.717) is 24.9 Å². The van der Waals surface area contributed by atoms with Crippen LogP contribution in [0.3, 0.4) is 0 Å². The molecule has 0 saturated carbocycles. The summed E-state index contributed by atoms with van der Waals surface area (Å²) in [6.45, 7) is 5.07. The molecule has 5 heteroatoms. The summed E-state index contributed by atoms with van der Waals surface area (Å²) in [4.78, 5) is 14.0. The highest BCUT2D eigenvalue weighted by Gasteiger charge is 2.35. The van der Waals surface area contributed by atoms with E-state index in [1.807, 2.05) is 13.8 Å². The van der Waals surface area contributed by atoms with Crippen LogP contribution < -0.4 is 0 Å². The normalized spacial score (nSPS) is 21.1. The zero-order valence-electron chi connectivity index (χ0n) is 9.84. The predicted octanol–water partition coefficient (Wildman–Crippen LogP) is 2.25. The van der Waals surface area contributed by atoms with Gasteiger partial charge in [-0.25, -0.2) is 0 Å². The lowest BCUT2D eigenvalue weighted by Crippen LogP contribution is -2.53. The van der Waals surface area contributed by atoms with E-state index in [-0.39, 0.29) is 17.6 Å². The van der Waals surface area contributed by atoms with Gasteiger partial charge < -0.3 is 9.64 Å². The van der Waals surface area contributed by atoms with Crippen LogP contribution in [0.1, 0.15) is 26.7 Å². The van der Waals surface area contributed by atoms with Crippen LogP contribution in [-0.2, 0) is 9.53 Å². The van der Waals surface area contributed by atoms with E-state index in [1.54, 1.807) is 4.90 Å². The molecule has 1 atom stereocenters. The fraction of sp³-hybridized carbons (Fsp3) is 0.909. The van der Waals surface area contributed by atoms with Gasteiger partial charge in [0.15, 0.2) is 0 Å². The quantitative estimate of drug-likeness (QED) is 0.716. The Kier molecular flexibility index (Phi) is 5.35. The molecule has 0 spiro atoms. The lowest BCUT2D eigenvalue weighted by Gasteiger charge is -2.38. The topological polar surface area (TPSA) is 29.5 Å². The number of carbonyl (C=O) groups excluding carboxylic acids is 1. The molecule has 1 unspecified atom stereocenters. The largest absolute Gasteiger partial charge is 0.368 e. The van der Waals surface area contributed by atoms with Crippen molar-refractivity contribution in [2.24, 2.45) is 0 Å². The first-order valence-corrected chi connectivity index (χ1v) is 6.65. The first-order chi connectivity index (χ1) is 7.53. The Morgan fingerprint density at radius 2 is 2.19 bits per heavy atom. The van der Waals surface area contributed by atoms with Gasteiger partial charge in [-0.15, -0.1) is 23.2 Å². The van der Waals surface area contributed by atoms with Crippen molar-refractivity contribution in [1.29, 1.82) is 0 Å². The van der Waals surface area contributed by atoms with Crippen molar-refractivity contribution >= 4 is 29.1 Å². The van der Waals surface area contributed by atoms with Crippen molar-refractivity contribution in [3.05, 3.63) is 0 Å². The van der Waals surface area contributed by atoms with Crippen LogP contribution in [-0.4, -0.2) is 47.4 Å². The Morgan fingerprint density at radius 3 is 2.62 bits per heavy atom. The molecule has 1 fully saturated rings. The zero-order valence-corrected chi connectivity index (χ0v) is 11.4. The fourth-order valence-electron chi connectivity index (χ4n) is 1.81. The number of hydrogen-bond donors (Lipinski definition) is 0. The van der Waals surface area contributed by atoms with Gasteiger partial charge in [-0.2, -0.15) is 0 Å². The number of rotatable bonds is 5. The molecule has 16 heavy (non-hydrogen) atoms. The second-order valence-electron chi connectivity index (χ2n) is 4.63. The van der Waals surface area contributed by atoms with Crippen LogP contribution in [0.25, 0.3) is 0 Å².